The van der Waals surface area contributed by atoms with Crippen LogP contribution in [0.25, 0.3) is 10.9 Å². The molecule has 3 heterocycles. The summed E-state index contributed by atoms with van der Waals surface area (Å²) < 4.78 is 10.1. The van der Waals surface area contributed by atoms with Crippen LogP contribution in [0.2, 0.25) is 0 Å². The molecule has 0 bridgehead atoms. The van der Waals surface area contributed by atoms with Gasteiger partial charge in [0.2, 0.25) is 0 Å². The summed E-state index contributed by atoms with van der Waals surface area (Å²) in [6.45, 7) is 3.45. The number of H-pyrrole nitrogens is 1. The number of hydrogen-bond donors (Lipinski definition) is 1. The lowest BCUT2D eigenvalue weighted by Gasteiger charge is -2.30. The van der Waals surface area contributed by atoms with Crippen LogP contribution in [0.5, 0.6) is 0 Å². The molecule has 2 atom stereocenters. The number of aromatic nitrogens is 1. The number of carbonyl (C=O) groups excluding carboxylic acids is 2. The normalized spacial score (nSPS) is 24.0. The molecule has 1 N–H and O–H groups in total. The van der Waals surface area contributed by atoms with E-state index in [4.69, 9.17) is 9.47 Å². The second-order valence-corrected chi connectivity index (χ2v) is 6.55. The maximum atomic E-state index is 12.0. The number of carbonyl (C=O) groups is 2. The first-order chi connectivity index (χ1) is 11.6. The van der Waals surface area contributed by atoms with E-state index < -0.39 is 0 Å². The van der Waals surface area contributed by atoms with Gasteiger partial charge in [0, 0.05) is 42.5 Å². The predicted octanol–water partition coefficient (Wildman–Crippen LogP) is 2.02. The number of fused-ring (bicyclic) bond motifs is 3. The Labute approximate surface area is 139 Å². The van der Waals surface area contributed by atoms with Gasteiger partial charge >= 0.3 is 11.9 Å². The third-order valence-corrected chi connectivity index (χ3v) is 5.01. The summed E-state index contributed by atoms with van der Waals surface area (Å²) in [7, 11) is 1.38. The summed E-state index contributed by atoms with van der Waals surface area (Å²) >= 11 is 0. The highest BCUT2D eigenvalue weighted by atomic mass is 16.6. The summed E-state index contributed by atoms with van der Waals surface area (Å²) in [5, 5.41) is 1.03. The Bertz CT molecular complexity index is 826. The number of rotatable bonds is 2. The molecule has 24 heavy (non-hydrogen) atoms. The van der Waals surface area contributed by atoms with Crippen LogP contribution in [0.3, 0.4) is 0 Å². The maximum absolute atomic E-state index is 12.0. The summed E-state index contributed by atoms with van der Waals surface area (Å²) in [6, 6.07) is 5.39. The number of nitrogens with zero attached hydrogens (tertiary/aromatic N) is 1. The van der Waals surface area contributed by atoms with Crippen molar-refractivity contribution in [2.24, 2.45) is 0 Å². The van der Waals surface area contributed by atoms with Gasteiger partial charge in [0.15, 0.2) is 0 Å². The van der Waals surface area contributed by atoms with Crippen molar-refractivity contribution in [1.82, 2.24) is 9.88 Å². The molecule has 1 saturated heterocycles. The molecule has 1 fully saturated rings. The minimum atomic E-state index is -0.340. The van der Waals surface area contributed by atoms with Gasteiger partial charge in [0.05, 0.1) is 12.7 Å². The van der Waals surface area contributed by atoms with Crippen LogP contribution in [-0.4, -0.2) is 47.6 Å². The number of ether oxygens (including phenoxy) is 2. The Hall–Kier alpha value is -2.34. The van der Waals surface area contributed by atoms with Crippen molar-refractivity contribution in [2.75, 3.05) is 13.7 Å². The Morgan fingerprint density at radius 3 is 2.96 bits per heavy atom. The predicted molar refractivity (Wildman–Crippen MR) is 87.7 cm³/mol. The topological polar surface area (TPSA) is 71.6 Å². The quantitative estimate of drug-likeness (QED) is 0.854. The van der Waals surface area contributed by atoms with Crippen LogP contribution in [0.15, 0.2) is 18.2 Å². The maximum Gasteiger partial charge on any atom is 0.337 e. The molecule has 0 spiro atoms. The van der Waals surface area contributed by atoms with E-state index in [-0.39, 0.29) is 24.1 Å². The van der Waals surface area contributed by atoms with E-state index >= 15 is 0 Å². The van der Waals surface area contributed by atoms with E-state index in [0.717, 1.165) is 35.9 Å². The zero-order valence-corrected chi connectivity index (χ0v) is 13.8. The molecule has 6 nitrogen and oxygen atoms in total. The molecule has 6 heteroatoms. The first-order valence-electron chi connectivity index (χ1n) is 8.23. The zero-order chi connectivity index (χ0) is 16.8. The molecular weight excluding hydrogens is 308 g/mol. The van der Waals surface area contributed by atoms with E-state index in [0.29, 0.717) is 12.1 Å². The average Bonchev–Trinajstić information content (AvgIpc) is 3.12. The Morgan fingerprint density at radius 2 is 2.25 bits per heavy atom. The fraction of sp³-hybridized carbons (Fsp3) is 0.444. The lowest BCUT2D eigenvalue weighted by Crippen LogP contribution is -2.41. The molecule has 2 aliphatic rings. The molecule has 0 radical (unpaired) electrons. The fourth-order valence-corrected chi connectivity index (χ4v) is 3.78. The third kappa shape index (κ3) is 2.38. The van der Waals surface area contributed by atoms with E-state index in [1.807, 2.05) is 19.1 Å². The lowest BCUT2D eigenvalue weighted by atomic mass is 10.0. The van der Waals surface area contributed by atoms with Gasteiger partial charge in [-0.2, -0.15) is 0 Å². The largest absolute Gasteiger partial charge is 0.465 e. The third-order valence-electron chi connectivity index (χ3n) is 5.01. The highest BCUT2D eigenvalue weighted by Crippen LogP contribution is 2.31. The Balaban J connectivity index is 1.69. The van der Waals surface area contributed by atoms with Crippen LogP contribution in [0.4, 0.5) is 0 Å². The molecule has 1 aromatic heterocycles. The van der Waals surface area contributed by atoms with E-state index in [9.17, 15) is 9.59 Å². The van der Waals surface area contributed by atoms with Crippen LogP contribution in [0.1, 0.15) is 35.0 Å². The molecule has 4 rings (SSSR count). The number of benzene rings is 1. The lowest BCUT2D eigenvalue weighted by molar-refractivity contribution is -0.145. The van der Waals surface area contributed by atoms with Crippen molar-refractivity contribution in [1.29, 1.82) is 0 Å². The summed E-state index contributed by atoms with van der Waals surface area (Å²) in [5.74, 6) is -0.464. The van der Waals surface area contributed by atoms with Crippen molar-refractivity contribution >= 4 is 22.8 Å². The van der Waals surface area contributed by atoms with Crippen LogP contribution in [0, 0.1) is 0 Å². The number of aromatic amines is 1. The van der Waals surface area contributed by atoms with Crippen LogP contribution in [-0.2, 0) is 27.2 Å². The fourth-order valence-electron chi connectivity index (χ4n) is 3.78. The van der Waals surface area contributed by atoms with Gasteiger partial charge in [-0.05, 0) is 30.7 Å². The van der Waals surface area contributed by atoms with Crippen molar-refractivity contribution < 1.29 is 19.1 Å². The Morgan fingerprint density at radius 1 is 1.42 bits per heavy atom. The average molecular weight is 328 g/mol. The van der Waals surface area contributed by atoms with E-state index in [1.54, 1.807) is 6.07 Å². The summed E-state index contributed by atoms with van der Waals surface area (Å²) in [5.41, 5.74) is 3.90. The van der Waals surface area contributed by atoms with E-state index in [1.165, 1.54) is 12.8 Å². The second kappa shape index (κ2) is 5.63. The SMILES string of the molecule is COC(=O)c1ccc2[nH]c3c(c2c1)CN(C1CC(C)OC1=O)CC3. The number of esters is 2. The molecular formula is C18H20N2O4. The molecule has 126 valence electrons. The molecule has 0 saturated carbocycles. The molecule has 2 aromatic rings. The number of methoxy groups -OCH3 is 1. The van der Waals surface area contributed by atoms with Gasteiger partial charge < -0.3 is 14.5 Å². The summed E-state index contributed by atoms with van der Waals surface area (Å²) in [4.78, 5) is 29.5. The highest BCUT2D eigenvalue weighted by molar-refractivity contribution is 5.96. The minimum Gasteiger partial charge on any atom is -0.465 e. The first-order valence-corrected chi connectivity index (χ1v) is 8.23. The smallest absolute Gasteiger partial charge is 0.337 e. The van der Waals surface area contributed by atoms with Gasteiger partial charge in [-0.1, -0.05) is 0 Å². The van der Waals surface area contributed by atoms with Crippen molar-refractivity contribution in [3.8, 4) is 0 Å². The molecule has 2 unspecified atom stereocenters. The highest BCUT2D eigenvalue weighted by Gasteiger charge is 2.38. The van der Waals surface area contributed by atoms with Crippen molar-refractivity contribution in [3.63, 3.8) is 0 Å². The van der Waals surface area contributed by atoms with Crippen molar-refractivity contribution in [3.05, 3.63) is 35.0 Å². The van der Waals surface area contributed by atoms with E-state index in [2.05, 4.69) is 9.88 Å². The minimum absolute atomic E-state index is 0.0159. The first kappa shape index (κ1) is 15.2. The molecule has 0 amide bonds. The summed E-state index contributed by atoms with van der Waals surface area (Å²) in [6.07, 6.45) is 1.58. The molecule has 2 aliphatic heterocycles. The molecule has 0 aliphatic carbocycles. The second-order valence-electron chi connectivity index (χ2n) is 6.55. The number of cyclic esters (lactones) is 1. The zero-order valence-electron chi connectivity index (χ0n) is 13.8. The number of nitrogens with one attached hydrogen (secondary N) is 1. The monoisotopic (exact) mass is 328 g/mol. The van der Waals surface area contributed by atoms with Gasteiger partial charge in [-0.3, -0.25) is 9.69 Å². The van der Waals surface area contributed by atoms with Crippen LogP contribution < -0.4 is 0 Å². The Kier molecular flexibility index (Phi) is 3.57. The van der Waals surface area contributed by atoms with Gasteiger partial charge in [-0.25, -0.2) is 4.79 Å². The van der Waals surface area contributed by atoms with Gasteiger partial charge in [-0.15, -0.1) is 0 Å². The standard InChI is InChI=1S/C18H20N2O4/c1-10-7-16(18(22)24-10)20-6-5-15-13(9-20)12-8-11(17(21)23-2)3-4-14(12)19-15/h3-4,8,10,16,19H,5-7,9H2,1-2H3. The molecule has 1 aromatic carbocycles. The van der Waals surface area contributed by atoms with Gasteiger partial charge in [0.1, 0.15) is 12.1 Å². The van der Waals surface area contributed by atoms with Crippen molar-refractivity contribution in [2.45, 2.75) is 38.5 Å². The number of hydrogen-bond acceptors (Lipinski definition) is 5. The van der Waals surface area contributed by atoms with Crippen LogP contribution >= 0.6 is 0 Å². The van der Waals surface area contributed by atoms with Gasteiger partial charge in [0.25, 0.3) is 0 Å².